The number of unbranched alkanes of at least 4 members (excludes halogenated alkanes) is 2. The van der Waals surface area contributed by atoms with E-state index in [2.05, 4.69) is 103 Å². The summed E-state index contributed by atoms with van der Waals surface area (Å²) in [5.41, 5.74) is 11.5. The summed E-state index contributed by atoms with van der Waals surface area (Å²) >= 11 is 0. The van der Waals surface area contributed by atoms with Gasteiger partial charge in [0, 0.05) is 42.9 Å². The number of aromatic nitrogens is 6. The molecule has 2 heterocycles. The molecule has 0 radical (unpaired) electrons. The van der Waals surface area contributed by atoms with E-state index in [4.69, 9.17) is 29.9 Å². The maximum atomic E-state index is 12.6. The molecule has 2 aromatic heterocycles. The number of nitrogens with one attached hydrogen (secondary N) is 4. The van der Waals surface area contributed by atoms with Crippen molar-refractivity contribution in [1.29, 1.82) is 0 Å². The summed E-state index contributed by atoms with van der Waals surface area (Å²) in [6.07, 6.45) is 2.56. The number of aliphatic hydroxyl groups excluding tert-OH is 1. The third-order valence-corrected chi connectivity index (χ3v) is 22.9. The molecule has 0 aliphatic heterocycles. The zero-order valence-electron chi connectivity index (χ0n) is 71.0. The van der Waals surface area contributed by atoms with Crippen molar-refractivity contribution in [2.75, 3.05) is 34.4 Å². The third kappa shape index (κ3) is 27.0. The van der Waals surface area contributed by atoms with Crippen molar-refractivity contribution in [3.63, 3.8) is 0 Å². The average molecular weight is 1860 g/mol. The number of aliphatic hydroxyl groups is 1. The van der Waals surface area contributed by atoms with E-state index < -0.39 is 56.9 Å². The van der Waals surface area contributed by atoms with Crippen molar-refractivity contribution in [2.45, 2.75) is 86.0 Å². The van der Waals surface area contributed by atoms with Crippen LogP contribution in [-0.4, -0.2) is 100.0 Å². The molecule has 672 valence electrons. The number of hydrogen-bond acceptors (Lipinski definition) is 35. The predicted octanol–water partition coefficient (Wildman–Crippen LogP) is 24.5. The second kappa shape index (κ2) is 42.7. The van der Waals surface area contributed by atoms with E-state index in [0.29, 0.717) is 158 Å². The van der Waals surface area contributed by atoms with Crippen LogP contribution < -0.4 is 21.3 Å². The third-order valence-electron chi connectivity index (χ3n) is 19.4. The Balaban J connectivity index is 0.668. The summed E-state index contributed by atoms with van der Waals surface area (Å²) < 4.78 is 136. The lowest BCUT2D eigenvalue weighted by Crippen LogP contribution is -2.13. The van der Waals surface area contributed by atoms with E-state index in [-0.39, 0.29) is 56.8 Å². The molecule has 0 spiro atoms. The molecule has 14 rings (SSSR count). The Morgan fingerprint density at radius 2 is 0.602 bits per heavy atom. The lowest BCUT2D eigenvalue weighted by Gasteiger charge is -2.15. The molecular weight excluding hydrogens is 1780 g/mol. The van der Waals surface area contributed by atoms with Crippen molar-refractivity contribution < 1.29 is 57.0 Å². The molecule has 0 amide bonds. The SMILES string of the molecule is Cc1cc(Cc2nc(Cc3ccc(N=Nc4ccc(N=Nc5ccccc5)cc4S(=O)(=O)O)c(C)c3)nc(NCCCCCNc3nc(Nc4ccc(N=Nc5ccc(N=Nc6ccccc6)cc5S(=O)(=O)O)c(C)c4)nc(Nc4cc(C)c(N=Nc5ccc(N=Nc6ccc(S(=O)(=O)O)cc6)cc5)cc4CO)n3)n2)ccc1N=Nc1ccc(N=Nc2ccc(S(=O)(=O)O)cc2)cc1. The van der Waals surface area contributed by atoms with Crippen LogP contribution in [0, 0.1) is 27.7 Å². The highest BCUT2D eigenvalue weighted by Gasteiger charge is 2.22. The minimum atomic E-state index is -4.80. The maximum absolute atomic E-state index is 12.6. The van der Waals surface area contributed by atoms with Crippen LogP contribution in [0.15, 0.2) is 362 Å². The Hall–Kier alpha value is -15.7. The van der Waals surface area contributed by atoms with Gasteiger partial charge in [-0.05, 0) is 281 Å². The van der Waals surface area contributed by atoms with E-state index in [1.807, 2.05) is 63.2 Å². The number of hydrogen-bond donors (Lipinski definition) is 9. The van der Waals surface area contributed by atoms with Crippen LogP contribution in [0.1, 0.15) is 69.9 Å². The topological polar surface area (TPSA) is 561 Å². The van der Waals surface area contributed by atoms with Gasteiger partial charge in [0.15, 0.2) is 0 Å². The second-order valence-corrected chi connectivity index (χ2v) is 35.1. The molecule has 9 N–H and O–H groups in total. The first kappa shape index (κ1) is 93.4. The van der Waals surface area contributed by atoms with Crippen LogP contribution >= 0.6 is 0 Å². The number of aryl methyl sites for hydroxylation is 4. The Kier molecular flexibility index (Phi) is 30.0. The summed E-state index contributed by atoms with van der Waals surface area (Å²) in [7, 11) is -18.3. The van der Waals surface area contributed by atoms with Crippen molar-refractivity contribution in [3.8, 4) is 0 Å². The Labute approximate surface area is 762 Å². The summed E-state index contributed by atoms with van der Waals surface area (Å²) in [4.78, 5) is 27.4. The van der Waals surface area contributed by atoms with Gasteiger partial charge in [-0.1, -0.05) is 60.7 Å². The average Bonchev–Trinajstić information content (AvgIpc) is 0.815. The van der Waals surface area contributed by atoms with Gasteiger partial charge < -0.3 is 26.4 Å². The first-order valence-electron chi connectivity index (χ1n) is 40.5. The van der Waals surface area contributed by atoms with E-state index in [9.17, 15) is 57.0 Å². The maximum Gasteiger partial charge on any atom is 0.296 e. The molecule has 43 heteroatoms. The summed E-state index contributed by atoms with van der Waals surface area (Å²) in [5, 5.41) is 92.4. The highest BCUT2D eigenvalue weighted by Crippen LogP contribution is 2.38. The predicted molar refractivity (Wildman–Crippen MR) is 498 cm³/mol. The van der Waals surface area contributed by atoms with Crippen LogP contribution in [0.5, 0.6) is 0 Å². The standard InChI is InChI=1S/C90H80N26O13S4/c1-56-46-60(18-39-76(56)111-107-67-24-20-65(21-25-67)103-105-69-28-35-74(36-29-69)130(118,119)120)50-85-95-86(51-61-19-40-77(57(2)47-61)112-114-79-42-33-72(53-83(79)132(124,125)126)109-101-63-14-8-5-9-15-63)97-87(96-85)91-44-12-7-13-45-92-88-98-89(93-71-32-41-78(58(3)48-71)113-115-80-43-34-73(54-84(80)133(127,128)129)110-102-64-16-10-6-11-17-64)100-90(99-88)94-82-49-59(4)81(52-62(82)55-117)116-108-68-26-22-66(23-27-68)104-106-70-30-37-75(38-31-70)131(121,122)123/h5-6,8-11,14-43,46-49,52-54,117H,7,12-13,44-45,50-51,55H2,1-4H3,(H,118,119,120)(H,121,122,123)(H,124,125,126)(H,127,128,129)(H,91,95,96,97)(H3,92,93,94,98,99,100). The Morgan fingerprint density at radius 1 is 0.278 bits per heavy atom. The van der Waals surface area contributed by atoms with Crippen molar-refractivity contribution in [2.24, 2.45) is 81.8 Å². The highest BCUT2D eigenvalue weighted by molar-refractivity contribution is 7.86. The van der Waals surface area contributed by atoms with Crippen LogP contribution in [0.3, 0.4) is 0 Å². The molecular formula is C90H80N26O13S4. The van der Waals surface area contributed by atoms with Gasteiger partial charge in [0.25, 0.3) is 40.5 Å². The fraction of sp³-hybridized carbons (Fsp3) is 0.133. The highest BCUT2D eigenvalue weighted by atomic mass is 32.2. The fourth-order valence-electron chi connectivity index (χ4n) is 12.7. The second-order valence-electron chi connectivity index (χ2n) is 29.5. The van der Waals surface area contributed by atoms with Crippen LogP contribution in [-0.2, 0) is 59.9 Å². The molecule has 0 saturated heterocycles. The molecule has 0 fully saturated rings. The number of benzene rings is 12. The van der Waals surface area contributed by atoms with Crippen molar-refractivity contribution in [3.05, 3.63) is 311 Å². The van der Waals surface area contributed by atoms with Crippen LogP contribution in [0.2, 0.25) is 0 Å². The molecule has 0 aliphatic carbocycles. The number of anilines is 6. The molecule has 0 saturated carbocycles. The largest absolute Gasteiger partial charge is 0.392 e. The first-order chi connectivity index (χ1) is 63.9. The molecule has 0 aliphatic rings. The van der Waals surface area contributed by atoms with Crippen LogP contribution in [0.4, 0.5) is 126 Å². The summed E-state index contributed by atoms with van der Waals surface area (Å²) in [6.45, 7) is 7.75. The van der Waals surface area contributed by atoms with Gasteiger partial charge >= 0.3 is 0 Å². The van der Waals surface area contributed by atoms with E-state index >= 15 is 0 Å². The van der Waals surface area contributed by atoms with Gasteiger partial charge in [-0.3, -0.25) is 18.2 Å². The Bertz CT molecular complexity index is 7380. The minimum Gasteiger partial charge on any atom is -0.392 e. The normalized spacial score (nSPS) is 12.3. The minimum absolute atomic E-state index is 0.0861. The quantitative estimate of drug-likeness (QED) is 0.00992. The molecule has 0 atom stereocenters. The molecule has 39 nitrogen and oxygen atoms in total. The zero-order chi connectivity index (χ0) is 93.7. The monoisotopic (exact) mass is 1860 g/mol. The van der Waals surface area contributed by atoms with Gasteiger partial charge in [0.1, 0.15) is 32.8 Å². The van der Waals surface area contributed by atoms with Gasteiger partial charge in [0.05, 0.1) is 96.0 Å². The molecule has 0 unspecified atom stereocenters. The smallest absolute Gasteiger partial charge is 0.296 e. The lowest BCUT2D eigenvalue weighted by molar-refractivity contribution is 0.282. The molecule has 14 aromatic rings. The van der Waals surface area contributed by atoms with Crippen molar-refractivity contribution in [1.82, 2.24) is 29.9 Å². The van der Waals surface area contributed by atoms with Gasteiger partial charge in [0.2, 0.25) is 23.8 Å². The van der Waals surface area contributed by atoms with E-state index in [1.54, 1.807) is 140 Å². The van der Waals surface area contributed by atoms with E-state index in [0.717, 1.165) is 28.8 Å². The van der Waals surface area contributed by atoms with E-state index in [1.165, 1.54) is 72.8 Å². The first-order valence-corrected chi connectivity index (χ1v) is 46.2. The van der Waals surface area contributed by atoms with Gasteiger partial charge in [-0.25, -0.2) is 4.98 Å². The number of azo groups is 8. The van der Waals surface area contributed by atoms with Gasteiger partial charge in [-0.2, -0.15) is 130 Å². The zero-order valence-corrected chi connectivity index (χ0v) is 74.2. The fourth-order valence-corrected chi connectivity index (χ4v) is 14.9. The lowest BCUT2D eigenvalue weighted by atomic mass is 10.1. The molecule has 0 bridgehead atoms. The number of rotatable bonds is 37. The summed E-state index contributed by atoms with van der Waals surface area (Å²) in [6, 6.07) is 69.5. The molecule has 133 heavy (non-hydrogen) atoms. The van der Waals surface area contributed by atoms with Crippen LogP contribution in [0.25, 0.3) is 0 Å². The van der Waals surface area contributed by atoms with Gasteiger partial charge in [-0.15, -0.1) is 10.2 Å². The summed E-state index contributed by atoms with van der Waals surface area (Å²) in [5.74, 6) is 1.63. The molecule has 12 aromatic carbocycles. The Morgan fingerprint density at radius 3 is 1.00 bits per heavy atom. The van der Waals surface area contributed by atoms with Crippen molar-refractivity contribution >= 4 is 167 Å². The number of nitrogens with zero attached hydrogens (tertiary/aromatic N) is 22.